The first-order chi connectivity index (χ1) is 7.38. The van der Waals surface area contributed by atoms with Gasteiger partial charge in [-0.25, -0.2) is 0 Å². The van der Waals surface area contributed by atoms with Crippen molar-refractivity contribution in [3.63, 3.8) is 0 Å². The van der Waals surface area contributed by atoms with Crippen LogP contribution in [0.2, 0.25) is 0 Å². The maximum absolute atomic E-state index is 10.1. The van der Waals surface area contributed by atoms with E-state index < -0.39 is 0 Å². The SMILES string of the molecule is N#Cc1ccccc1OCCCCC=O. The van der Waals surface area contributed by atoms with Gasteiger partial charge in [0.25, 0.3) is 0 Å². The van der Waals surface area contributed by atoms with Gasteiger partial charge >= 0.3 is 0 Å². The highest BCUT2D eigenvalue weighted by atomic mass is 16.5. The molecule has 0 aliphatic rings. The van der Waals surface area contributed by atoms with E-state index in [0.29, 0.717) is 24.3 Å². The summed E-state index contributed by atoms with van der Waals surface area (Å²) in [5.74, 6) is 0.617. The van der Waals surface area contributed by atoms with Gasteiger partial charge in [0.1, 0.15) is 18.1 Å². The summed E-state index contributed by atoms with van der Waals surface area (Å²) in [7, 11) is 0. The average Bonchev–Trinajstić information content (AvgIpc) is 2.29. The number of benzene rings is 1. The van der Waals surface area contributed by atoms with Gasteiger partial charge in [-0.05, 0) is 25.0 Å². The Balaban J connectivity index is 2.37. The third kappa shape index (κ3) is 3.82. The van der Waals surface area contributed by atoms with Crippen LogP contribution in [0.1, 0.15) is 24.8 Å². The number of aldehydes is 1. The highest BCUT2D eigenvalue weighted by Crippen LogP contribution is 2.16. The first-order valence-corrected chi connectivity index (χ1v) is 4.94. The summed E-state index contributed by atoms with van der Waals surface area (Å²) in [4.78, 5) is 10.1. The maximum atomic E-state index is 10.1. The zero-order chi connectivity index (χ0) is 10.9. The van der Waals surface area contributed by atoms with Crippen molar-refractivity contribution < 1.29 is 9.53 Å². The number of ether oxygens (including phenoxy) is 1. The second-order valence-electron chi connectivity index (χ2n) is 3.12. The van der Waals surface area contributed by atoms with Crippen LogP contribution < -0.4 is 4.74 Å². The number of rotatable bonds is 6. The van der Waals surface area contributed by atoms with Crippen LogP contribution in [0, 0.1) is 11.3 Å². The Morgan fingerprint density at radius 1 is 1.33 bits per heavy atom. The van der Waals surface area contributed by atoms with Crippen molar-refractivity contribution in [1.29, 1.82) is 5.26 Å². The zero-order valence-corrected chi connectivity index (χ0v) is 8.48. The van der Waals surface area contributed by atoms with Crippen molar-refractivity contribution in [3.8, 4) is 11.8 Å². The molecule has 0 N–H and O–H groups in total. The zero-order valence-electron chi connectivity index (χ0n) is 8.48. The Kier molecular flexibility index (Phi) is 4.96. The molecule has 0 aliphatic heterocycles. The summed E-state index contributed by atoms with van der Waals surface area (Å²) in [5, 5.41) is 8.78. The summed E-state index contributed by atoms with van der Waals surface area (Å²) in [6, 6.07) is 9.20. The molecule has 3 nitrogen and oxygen atoms in total. The van der Waals surface area contributed by atoms with E-state index >= 15 is 0 Å². The number of hydrogen-bond acceptors (Lipinski definition) is 3. The molecule has 3 heteroatoms. The fraction of sp³-hybridized carbons (Fsp3) is 0.333. The predicted molar refractivity (Wildman–Crippen MR) is 56.6 cm³/mol. The molecule has 1 aromatic rings. The van der Waals surface area contributed by atoms with E-state index in [9.17, 15) is 4.79 Å². The Hall–Kier alpha value is -1.82. The van der Waals surface area contributed by atoms with Gasteiger partial charge in [-0.3, -0.25) is 0 Å². The van der Waals surface area contributed by atoms with Gasteiger partial charge in [-0.2, -0.15) is 5.26 Å². The van der Waals surface area contributed by atoms with Crippen molar-refractivity contribution in [2.24, 2.45) is 0 Å². The number of para-hydroxylation sites is 1. The monoisotopic (exact) mass is 203 g/mol. The van der Waals surface area contributed by atoms with Crippen molar-refractivity contribution in [2.45, 2.75) is 19.3 Å². The van der Waals surface area contributed by atoms with E-state index in [-0.39, 0.29) is 0 Å². The number of nitrogens with zero attached hydrogens (tertiary/aromatic N) is 1. The van der Waals surface area contributed by atoms with Gasteiger partial charge in [0, 0.05) is 6.42 Å². The summed E-state index contributed by atoms with van der Waals surface area (Å²) < 4.78 is 5.44. The Labute approximate surface area is 89.3 Å². The van der Waals surface area contributed by atoms with E-state index in [1.54, 1.807) is 18.2 Å². The molecule has 15 heavy (non-hydrogen) atoms. The van der Waals surface area contributed by atoms with Crippen LogP contribution in [0.5, 0.6) is 5.75 Å². The molecule has 0 bridgehead atoms. The number of nitriles is 1. The average molecular weight is 203 g/mol. The normalized spacial score (nSPS) is 9.27. The fourth-order valence-electron chi connectivity index (χ4n) is 1.20. The molecule has 0 spiro atoms. The van der Waals surface area contributed by atoms with Gasteiger partial charge in [0.05, 0.1) is 12.2 Å². The van der Waals surface area contributed by atoms with Crippen LogP contribution in [-0.4, -0.2) is 12.9 Å². The molecule has 0 aliphatic carbocycles. The number of carbonyl (C=O) groups excluding carboxylic acids is 1. The summed E-state index contributed by atoms with van der Waals surface area (Å²) >= 11 is 0. The van der Waals surface area contributed by atoms with Gasteiger partial charge < -0.3 is 9.53 Å². The lowest BCUT2D eigenvalue weighted by atomic mass is 10.2. The fourth-order valence-corrected chi connectivity index (χ4v) is 1.20. The number of hydrogen-bond donors (Lipinski definition) is 0. The summed E-state index contributed by atoms with van der Waals surface area (Å²) in [6.07, 6.45) is 3.14. The van der Waals surface area contributed by atoms with Gasteiger partial charge in [-0.1, -0.05) is 12.1 Å². The largest absolute Gasteiger partial charge is 0.492 e. The molecule has 1 aromatic carbocycles. The summed E-state index contributed by atoms with van der Waals surface area (Å²) in [6.45, 7) is 0.548. The van der Waals surface area contributed by atoms with Crippen LogP contribution >= 0.6 is 0 Å². The van der Waals surface area contributed by atoms with Crippen LogP contribution in [-0.2, 0) is 4.79 Å². The highest BCUT2D eigenvalue weighted by molar-refractivity contribution is 5.48. The summed E-state index contributed by atoms with van der Waals surface area (Å²) in [5.41, 5.74) is 0.549. The Bertz CT molecular complexity index is 355. The third-order valence-electron chi connectivity index (χ3n) is 1.98. The molecule has 0 fully saturated rings. The minimum atomic E-state index is 0.548. The molecular weight excluding hydrogens is 190 g/mol. The number of carbonyl (C=O) groups is 1. The van der Waals surface area contributed by atoms with E-state index in [0.717, 1.165) is 19.1 Å². The van der Waals surface area contributed by atoms with Crippen LogP contribution in [0.3, 0.4) is 0 Å². The smallest absolute Gasteiger partial charge is 0.137 e. The maximum Gasteiger partial charge on any atom is 0.137 e. The molecule has 0 heterocycles. The van der Waals surface area contributed by atoms with Crippen molar-refractivity contribution in [3.05, 3.63) is 29.8 Å². The topological polar surface area (TPSA) is 50.1 Å². The van der Waals surface area contributed by atoms with Crippen LogP contribution in [0.15, 0.2) is 24.3 Å². The quantitative estimate of drug-likeness (QED) is 0.526. The second kappa shape index (κ2) is 6.61. The molecule has 0 saturated heterocycles. The molecule has 0 saturated carbocycles. The van der Waals surface area contributed by atoms with E-state index in [1.807, 2.05) is 6.07 Å². The molecule has 78 valence electrons. The van der Waals surface area contributed by atoms with E-state index in [4.69, 9.17) is 10.00 Å². The lowest BCUT2D eigenvalue weighted by Gasteiger charge is -2.06. The minimum Gasteiger partial charge on any atom is -0.492 e. The van der Waals surface area contributed by atoms with Gasteiger partial charge in [-0.15, -0.1) is 0 Å². The lowest BCUT2D eigenvalue weighted by Crippen LogP contribution is -1.98. The third-order valence-corrected chi connectivity index (χ3v) is 1.98. The predicted octanol–water partition coefficient (Wildman–Crippen LogP) is 2.31. The lowest BCUT2D eigenvalue weighted by molar-refractivity contribution is -0.107. The molecule has 0 aromatic heterocycles. The van der Waals surface area contributed by atoms with E-state index in [1.165, 1.54) is 0 Å². The standard InChI is InChI=1S/C12H13NO2/c13-10-11-6-2-3-7-12(11)15-9-5-1-4-8-14/h2-3,6-8H,1,4-5,9H2. The molecule has 0 unspecified atom stereocenters. The molecule has 0 radical (unpaired) electrons. The minimum absolute atomic E-state index is 0.548. The molecule has 1 rings (SSSR count). The van der Waals surface area contributed by atoms with Crippen molar-refractivity contribution in [2.75, 3.05) is 6.61 Å². The van der Waals surface area contributed by atoms with Gasteiger partial charge in [0.2, 0.25) is 0 Å². The van der Waals surface area contributed by atoms with Crippen LogP contribution in [0.4, 0.5) is 0 Å². The second-order valence-corrected chi connectivity index (χ2v) is 3.12. The highest BCUT2D eigenvalue weighted by Gasteiger charge is 2.00. The Morgan fingerprint density at radius 3 is 2.87 bits per heavy atom. The molecule has 0 atom stereocenters. The first kappa shape index (κ1) is 11.3. The van der Waals surface area contributed by atoms with Crippen LogP contribution in [0.25, 0.3) is 0 Å². The van der Waals surface area contributed by atoms with E-state index in [2.05, 4.69) is 6.07 Å². The molecule has 0 amide bonds. The first-order valence-electron chi connectivity index (χ1n) is 4.94. The van der Waals surface area contributed by atoms with Gasteiger partial charge in [0.15, 0.2) is 0 Å². The molecular formula is C12H13NO2. The van der Waals surface area contributed by atoms with Crippen molar-refractivity contribution >= 4 is 6.29 Å². The Morgan fingerprint density at radius 2 is 2.13 bits per heavy atom. The number of unbranched alkanes of at least 4 members (excludes halogenated alkanes) is 2. The van der Waals surface area contributed by atoms with Crippen molar-refractivity contribution in [1.82, 2.24) is 0 Å².